The molecule has 0 bridgehead atoms. The van der Waals surface area contributed by atoms with Crippen LogP contribution in [0.4, 0.5) is 0 Å². The molecule has 0 heterocycles. The fourth-order valence-electron chi connectivity index (χ4n) is 1.45. The first-order valence-corrected chi connectivity index (χ1v) is 6.13. The molecule has 0 aliphatic heterocycles. The van der Waals surface area contributed by atoms with E-state index < -0.39 is 0 Å². The third-order valence-electron chi connectivity index (χ3n) is 2.25. The van der Waals surface area contributed by atoms with Gasteiger partial charge in [0.25, 0.3) is 0 Å². The Balaban J connectivity index is 2.61. The summed E-state index contributed by atoms with van der Waals surface area (Å²) in [6.07, 6.45) is 0. The van der Waals surface area contributed by atoms with Crippen LogP contribution in [0.3, 0.4) is 0 Å². The van der Waals surface area contributed by atoms with Crippen LogP contribution < -0.4 is 0 Å². The Kier molecular flexibility index (Phi) is 3.74. The summed E-state index contributed by atoms with van der Waals surface area (Å²) in [7, 11) is 0. The van der Waals surface area contributed by atoms with Crippen molar-refractivity contribution in [2.24, 2.45) is 0 Å². The molecule has 88 valence electrons. The summed E-state index contributed by atoms with van der Waals surface area (Å²) >= 11 is 23.5. The van der Waals surface area contributed by atoms with Gasteiger partial charge in [0.1, 0.15) is 10.8 Å². The van der Waals surface area contributed by atoms with Gasteiger partial charge in [0, 0.05) is 15.6 Å². The average molecular weight is 308 g/mol. The summed E-state index contributed by atoms with van der Waals surface area (Å²) in [5.41, 5.74) is 1.41. The molecule has 0 saturated heterocycles. The molecule has 0 aliphatic rings. The lowest BCUT2D eigenvalue weighted by molar-refractivity contribution is 0.476. The van der Waals surface area contributed by atoms with Gasteiger partial charge in [-0.3, -0.25) is 0 Å². The normalized spacial score (nSPS) is 10.6. The van der Waals surface area contributed by atoms with Crippen molar-refractivity contribution in [2.45, 2.75) is 0 Å². The number of hydrogen-bond acceptors (Lipinski definition) is 1. The predicted molar refractivity (Wildman–Crippen MR) is 73.6 cm³/mol. The Hall–Kier alpha value is -0.600. The molecule has 0 radical (unpaired) electrons. The summed E-state index contributed by atoms with van der Waals surface area (Å²) in [6, 6.07) is 8.23. The lowest BCUT2D eigenvalue weighted by Crippen LogP contribution is -1.81. The summed E-state index contributed by atoms with van der Waals surface area (Å²) in [4.78, 5) is 0. The van der Waals surface area contributed by atoms with Crippen LogP contribution in [0, 0.1) is 0 Å². The number of halogens is 4. The van der Waals surface area contributed by atoms with Gasteiger partial charge in [-0.05, 0) is 29.8 Å². The van der Waals surface area contributed by atoms with Crippen molar-refractivity contribution >= 4 is 46.4 Å². The fourth-order valence-corrected chi connectivity index (χ4v) is 2.29. The Morgan fingerprint density at radius 1 is 0.824 bits per heavy atom. The molecule has 0 spiro atoms. The van der Waals surface area contributed by atoms with Crippen molar-refractivity contribution in [3.05, 3.63) is 50.4 Å². The second-order valence-electron chi connectivity index (χ2n) is 3.42. The van der Waals surface area contributed by atoms with Crippen LogP contribution in [0.5, 0.6) is 5.75 Å². The molecule has 0 aliphatic carbocycles. The first-order chi connectivity index (χ1) is 7.99. The minimum Gasteiger partial charge on any atom is -0.506 e. The molecule has 17 heavy (non-hydrogen) atoms. The van der Waals surface area contributed by atoms with Crippen LogP contribution in [-0.4, -0.2) is 5.11 Å². The number of rotatable bonds is 1. The SMILES string of the molecule is Oc1cc(-c2ccc(Cl)cc2Cl)cc(Cl)c1Cl. The van der Waals surface area contributed by atoms with Crippen molar-refractivity contribution in [1.29, 1.82) is 0 Å². The molecular weight excluding hydrogens is 302 g/mol. The topological polar surface area (TPSA) is 20.2 Å². The third-order valence-corrected chi connectivity index (χ3v) is 3.59. The van der Waals surface area contributed by atoms with Gasteiger partial charge in [0.2, 0.25) is 0 Å². The summed E-state index contributed by atoms with van der Waals surface area (Å²) in [6.45, 7) is 0. The maximum atomic E-state index is 9.60. The standard InChI is InChI=1S/C12H6Cl4O/c13-7-1-2-8(9(14)5-7)6-3-10(15)12(16)11(17)4-6/h1-5,17H. The molecule has 1 N–H and O–H groups in total. The van der Waals surface area contributed by atoms with Crippen molar-refractivity contribution in [3.8, 4) is 16.9 Å². The van der Waals surface area contributed by atoms with Gasteiger partial charge in [-0.2, -0.15) is 0 Å². The highest BCUT2D eigenvalue weighted by molar-refractivity contribution is 6.43. The van der Waals surface area contributed by atoms with E-state index in [1.165, 1.54) is 6.07 Å². The van der Waals surface area contributed by atoms with Gasteiger partial charge in [-0.1, -0.05) is 52.5 Å². The van der Waals surface area contributed by atoms with E-state index in [4.69, 9.17) is 46.4 Å². The second kappa shape index (κ2) is 4.95. The second-order valence-corrected chi connectivity index (χ2v) is 5.04. The van der Waals surface area contributed by atoms with Crippen molar-refractivity contribution in [2.75, 3.05) is 0 Å². The molecule has 2 aromatic rings. The highest BCUT2D eigenvalue weighted by Gasteiger charge is 2.10. The lowest BCUT2D eigenvalue weighted by Gasteiger charge is -2.08. The number of aromatic hydroxyl groups is 1. The average Bonchev–Trinajstić information content (AvgIpc) is 2.25. The zero-order valence-electron chi connectivity index (χ0n) is 8.35. The van der Waals surface area contributed by atoms with Crippen molar-refractivity contribution < 1.29 is 5.11 Å². The van der Waals surface area contributed by atoms with E-state index in [9.17, 15) is 5.11 Å². The molecule has 0 unspecified atom stereocenters. The Morgan fingerprint density at radius 2 is 1.53 bits per heavy atom. The van der Waals surface area contributed by atoms with Crippen LogP contribution in [-0.2, 0) is 0 Å². The lowest BCUT2D eigenvalue weighted by atomic mass is 10.1. The first-order valence-electron chi connectivity index (χ1n) is 4.62. The molecule has 2 aromatic carbocycles. The van der Waals surface area contributed by atoms with Crippen molar-refractivity contribution in [1.82, 2.24) is 0 Å². The molecule has 0 aromatic heterocycles. The predicted octanol–water partition coefficient (Wildman–Crippen LogP) is 5.67. The first kappa shape index (κ1) is 12.8. The van der Waals surface area contributed by atoms with Crippen LogP contribution >= 0.6 is 46.4 Å². The van der Waals surface area contributed by atoms with Crippen LogP contribution in [0.1, 0.15) is 0 Å². The number of benzene rings is 2. The zero-order valence-corrected chi connectivity index (χ0v) is 11.4. The molecular formula is C12H6Cl4O. The molecule has 2 rings (SSSR count). The van der Waals surface area contributed by atoms with E-state index in [1.54, 1.807) is 24.3 Å². The fraction of sp³-hybridized carbons (Fsp3) is 0. The maximum absolute atomic E-state index is 9.60. The molecule has 0 saturated carbocycles. The minimum absolute atomic E-state index is 0.0832. The highest BCUT2D eigenvalue weighted by atomic mass is 35.5. The summed E-state index contributed by atoms with van der Waals surface area (Å²) < 4.78 is 0. The highest BCUT2D eigenvalue weighted by Crippen LogP contribution is 2.38. The molecule has 0 atom stereocenters. The quantitative estimate of drug-likeness (QED) is 0.719. The monoisotopic (exact) mass is 306 g/mol. The smallest absolute Gasteiger partial charge is 0.136 e. The van der Waals surface area contributed by atoms with E-state index in [-0.39, 0.29) is 15.8 Å². The molecule has 0 fully saturated rings. The van der Waals surface area contributed by atoms with Gasteiger partial charge < -0.3 is 5.11 Å². The van der Waals surface area contributed by atoms with Gasteiger partial charge in [0.15, 0.2) is 0 Å². The largest absolute Gasteiger partial charge is 0.506 e. The molecule has 1 nitrogen and oxygen atoms in total. The number of phenolic OH excluding ortho intramolecular Hbond substituents is 1. The molecule has 5 heteroatoms. The van der Waals surface area contributed by atoms with Crippen molar-refractivity contribution in [3.63, 3.8) is 0 Å². The summed E-state index contributed by atoms with van der Waals surface area (Å²) in [5.74, 6) is -0.0832. The third kappa shape index (κ3) is 2.63. The van der Waals surface area contributed by atoms with E-state index in [0.29, 0.717) is 15.6 Å². The van der Waals surface area contributed by atoms with Crippen LogP contribution in [0.25, 0.3) is 11.1 Å². The Morgan fingerprint density at radius 3 is 2.12 bits per heavy atom. The number of hydrogen-bond donors (Lipinski definition) is 1. The Labute approximate surface area is 118 Å². The minimum atomic E-state index is -0.0832. The van der Waals surface area contributed by atoms with Gasteiger partial charge >= 0.3 is 0 Å². The summed E-state index contributed by atoms with van der Waals surface area (Å²) in [5, 5.41) is 11.0. The van der Waals surface area contributed by atoms with Crippen LogP contribution in [0.2, 0.25) is 20.1 Å². The van der Waals surface area contributed by atoms with E-state index in [2.05, 4.69) is 0 Å². The van der Waals surface area contributed by atoms with Crippen LogP contribution in [0.15, 0.2) is 30.3 Å². The van der Waals surface area contributed by atoms with E-state index in [0.717, 1.165) is 5.56 Å². The zero-order chi connectivity index (χ0) is 12.6. The van der Waals surface area contributed by atoms with E-state index >= 15 is 0 Å². The molecule has 0 amide bonds. The van der Waals surface area contributed by atoms with Gasteiger partial charge in [-0.25, -0.2) is 0 Å². The van der Waals surface area contributed by atoms with E-state index in [1.807, 2.05) is 0 Å². The maximum Gasteiger partial charge on any atom is 0.136 e. The number of phenols is 1. The van der Waals surface area contributed by atoms with Gasteiger partial charge in [-0.15, -0.1) is 0 Å². The Bertz CT molecular complexity index is 558. The van der Waals surface area contributed by atoms with Gasteiger partial charge in [0.05, 0.1) is 5.02 Å².